The standard InChI is InChI=1S/C23H25ClN6S/c1-3-4-9-22-25-14-19(30(22)15-17-7-5-6-8-21(17)24)12-18(23-26-28-29-27-23)13-20-11-10-16(2)31-20/h5-8,10-12,14H,3-4,9,13,15H2,1-2H3,(H,26,27,28,29)/b18-12-. The summed E-state index contributed by atoms with van der Waals surface area (Å²) in [6.07, 6.45) is 7.93. The minimum atomic E-state index is 0.603. The van der Waals surface area contributed by atoms with Crippen LogP contribution in [0.4, 0.5) is 0 Å². The largest absolute Gasteiger partial charge is 0.324 e. The molecule has 1 N–H and O–H groups in total. The summed E-state index contributed by atoms with van der Waals surface area (Å²) in [5.74, 6) is 1.67. The molecular formula is C23H25ClN6S. The van der Waals surface area contributed by atoms with Crippen molar-refractivity contribution in [3.63, 3.8) is 0 Å². The van der Waals surface area contributed by atoms with Gasteiger partial charge in [0, 0.05) is 33.2 Å². The number of hydrogen-bond donors (Lipinski definition) is 1. The summed E-state index contributed by atoms with van der Waals surface area (Å²) < 4.78 is 2.25. The molecule has 0 aliphatic rings. The molecule has 4 aromatic rings. The lowest BCUT2D eigenvalue weighted by Gasteiger charge is -2.12. The molecule has 6 nitrogen and oxygen atoms in total. The topological polar surface area (TPSA) is 72.3 Å². The van der Waals surface area contributed by atoms with E-state index in [0.717, 1.165) is 53.4 Å². The van der Waals surface area contributed by atoms with E-state index in [4.69, 9.17) is 16.6 Å². The quantitative estimate of drug-likeness (QED) is 0.359. The number of allylic oxidation sites excluding steroid dienone is 1. The van der Waals surface area contributed by atoms with Crippen molar-refractivity contribution in [3.05, 3.63) is 80.3 Å². The molecule has 0 saturated carbocycles. The first-order chi connectivity index (χ1) is 15.1. The summed E-state index contributed by atoms with van der Waals surface area (Å²) in [6, 6.07) is 12.3. The van der Waals surface area contributed by atoms with Crippen molar-refractivity contribution in [1.29, 1.82) is 0 Å². The molecule has 4 rings (SSSR count). The van der Waals surface area contributed by atoms with Gasteiger partial charge in [-0.3, -0.25) is 0 Å². The molecule has 0 radical (unpaired) electrons. The van der Waals surface area contributed by atoms with Crippen molar-refractivity contribution in [3.8, 4) is 0 Å². The van der Waals surface area contributed by atoms with Crippen LogP contribution in [0.25, 0.3) is 11.6 Å². The Morgan fingerprint density at radius 1 is 1.23 bits per heavy atom. The number of H-pyrrole nitrogens is 1. The van der Waals surface area contributed by atoms with Crippen LogP contribution in [0, 0.1) is 6.92 Å². The number of benzene rings is 1. The van der Waals surface area contributed by atoms with Gasteiger partial charge in [-0.05, 0) is 48.4 Å². The van der Waals surface area contributed by atoms with E-state index in [1.54, 1.807) is 11.3 Å². The van der Waals surface area contributed by atoms with Gasteiger partial charge in [0.15, 0.2) is 0 Å². The molecule has 0 aliphatic carbocycles. The number of imidazole rings is 1. The highest BCUT2D eigenvalue weighted by molar-refractivity contribution is 7.11. The second-order valence-corrected chi connectivity index (χ2v) is 9.25. The van der Waals surface area contributed by atoms with Gasteiger partial charge in [-0.15, -0.1) is 21.5 Å². The number of halogens is 1. The molecule has 31 heavy (non-hydrogen) atoms. The van der Waals surface area contributed by atoms with E-state index in [1.807, 2.05) is 24.4 Å². The summed E-state index contributed by atoms with van der Waals surface area (Å²) in [5.41, 5.74) is 3.08. The van der Waals surface area contributed by atoms with Gasteiger partial charge in [0.1, 0.15) is 5.82 Å². The lowest BCUT2D eigenvalue weighted by Crippen LogP contribution is -2.08. The van der Waals surface area contributed by atoms with Crippen LogP contribution in [-0.2, 0) is 19.4 Å². The van der Waals surface area contributed by atoms with Crippen molar-refractivity contribution in [1.82, 2.24) is 30.2 Å². The van der Waals surface area contributed by atoms with Gasteiger partial charge in [-0.25, -0.2) is 4.98 Å². The summed E-state index contributed by atoms with van der Waals surface area (Å²) >= 11 is 8.25. The normalized spacial score (nSPS) is 11.9. The van der Waals surface area contributed by atoms with Gasteiger partial charge in [-0.1, -0.05) is 43.1 Å². The predicted octanol–water partition coefficient (Wildman–Crippen LogP) is 5.59. The van der Waals surface area contributed by atoms with Gasteiger partial charge >= 0.3 is 0 Å². The number of aromatic nitrogens is 6. The summed E-state index contributed by atoms with van der Waals surface area (Å²) in [7, 11) is 0. The number of hydrogen-bond acceptors (Lipinski definition) is 5. The number of thiophene rings is 1. The third-order valence-corrected chi connectivity index (χ3v) is 6.49. The molecule has 3 heterocycles. The number of aromatic amines is 1. The Bertz CT molecular complexity index is 1160. The SMILES string of the molecule is CCCCc1ncc(/C=C(/Cc2ccc(C)s2)c2nn[nH]n2)n1Cc1ccccc1Cl. The van der Waals surface area contributed by atoms with Gasteiger partial charge < -0.3 is 4.57 Å². The number of nitrogens with zero attached hydrogens (tertiary/aromatic N) is 5. The van der Waals surface area contributed by atoms with Crippen molar-refractivity contribution in [2.24, 2.45) is 0 Å². The Morgan fingerprint density at radius 2 is 2.10 bits per heavy atom. The lowest BCUT2D eigenvalue weighted by atomic mass is 10.1. The molecule has 0 unspecified atom stereocenters. The molecule has 3 aromatic heterocycles. The van der Waals surface area contributed by atoms with Crippen molar-refractivity contribution >= 4 is 34.6 Å². The van der Waals surface area contributed by atoms with Crippen LogP contribution in [0.3, 0.4) is 0 Å². The molecular weight excluding hydrogens is 428 g/mol. The molecule has 0 atom stereocenters. The van der Waals surface area contributed by atoms with Crippen LogP contribution in [0.5, 0.6) is 0 Å². The fourth-order valence-corrected chi connectivity index (χ4v) is 4.61. The van der Waals surface area contributed by atoms with Gasteiger partial charge in [0.25, 0.3) is 0 Å². The van der Waals surface area contributed by atoms with Crippen LogP contribution >= 0.6 is 22.9 Å². The Balaban J connectivity index is 1.74. The van der Waals surface area contributed by atoms with Crippen molar-refractivity contribution < 1.29 is 0 Å². The zero-order valence-corrected chi connectivity index (χ0v) is 19.2. The fourth-order valence-electron chi connectivity index (χ4n) is 3.50. The van der Waals surface area contributed by atoms with Gasteiger partial charge in [0.05, 0.1) is 18.4 Å². The van der Waals surface area contributed by atoms with Crippen LogP contribution < -0.4 is 0 Å². The molecule has 0 amide bonds. The maximum absolute atomic E-state index is 6.47. The lowest BCUT2D eigenvalue weighted by molar-refractivity contribution is 0.675. The third-order valence-electron chi connectivity index (χ3n) is 5.12. The first-order valence-corrected chi connectivity index (χ1v) is 11.6. The molecule has 0 spiro atoms. The monoisotopic (exact) mass is 452 g/mol. The zero-order chi connectivity index (χ0) is 21.6. The predicted molar refractivity (Wildman–Crippen MR) is 126 cm³/mol. The summed E-state index contributed by atoms with van der Waals surface area (Å²) in [5, 5.41) is 15.6. The van der Waals surface area contributed by atoms with E-state index >= 15 is 0 Å². The molecule has 0 bridgehead atoms. The Labute approximate surface area is 191 Å². The zero-order valence-electron chi connectivity index (χ0n) is 17.7. The van der Waals surface area contributed by atoms with E-state index in [1.165, 1.54) is 9.75 Å². The highest BCUT2D eigenvalue weighted by atomic mass is 35.5. The molecule has 0 fully saturated rings. The van der Waals surface area contributed by atoms with Crippen LogP contribution in [-0.4, -0.2) is 30.2 Å². The number of aryl methyl sites for hydroxylation is 2. The average molecular weight is 453 g/mol. The van der Waals surface area contributed by atoms with Crippen LogP contribution in [0.2, 0.25) is 5.02 Å². The number of unbranched alkanes of at least 4 members (excludes halogenated alkanes) is 1. The highest BCUT2D eigenvalue weighted by Crippen LogP contribution is 2.26. The Morgan fingerprint density at radius 3 is 2.81 bits per heavy atom. The van der Waals surface area contributed by atoms with E-state index in [0.29, 0.717) is 12.4 Å². The summed E-state index contributed by atoms with van der Waals surface area (Å²) in [6.45, 7) is 4.98. The number of rotatable bonds is 9. The third kappa shape index (κ3) is 5.29. The van der Waals surface area contributed by atoms with Gasteiger partial charge in [-0.2, -0.15) is 5.21 Å². The minimum absolute atomic E-state index is 0.603. The Kier molecular flexibility index (Phi) is 6.94. The fraction of sp³-hybridized carbons (Fsp3) is 0.304. The van der Waals surface area contributed by atoms with E-state index in [9.17, 15) is 0 Å². The maximum Gasteiger partial charge on any atom is 0.201 e. The van der Waals surface area contributed by atoms with E-state index < -0.39 is 0 Å². The highest BCUT2D eigenvalue weighted by Gasteiger charge is 2.15. The van der Waals surface area contributed by atoms with Crippen molar-refractivity contribution in [2.75, 3.05) is 0 Å². The molecule has 1 aromatic carbocycles. The molecule has 8 heteroatoms. The summed E-state index contributed by atoms with van der Waals surface area (Å²) in [4.78, 5) is 7.28. The first kappa shape index (κ1) is 21.5. The molecule has 0 saturated heterocycles. The van der Waals surface area contributed by atoms with E-state index in [2.05, 4.69) is 63.3 Å². The average Bonchev–Trinajstić information content (AvgIpc) is 3.51. The first-order valence-electron chi connectivity index (χ1n) is 10.4. The van der Waals surface area contributed by atoms with Crippen LogP contribution in [0.15, 0.2) is 42.6 Å². The van der Waals surface area contributed by atoms with E-state index in [-0.39, 0.29) is 0 Å². The maximum atomic E-state index is 6.47. The van der Waals surface area contributed by atoms with Gasteiger partial charge in [0.2, 0.25) is 5.82 Å². The minimum Gasteiger partial charge on any atom is -0.324 e. The Hall–Kier alpha value is -2.77. The number of nitrogens with one attached hydrogen (secondary N) is 1. The van der Waals surface area contributed by atoms with Crippen molar-refractivity contribution in [2.45, 2.75) is 46.1 Å². The smallest absolute Gasteiger partial charge is 0.201 e. The second-order valence-electron chi connectivity index (χ2n) is 7.47. The second kappa shape index (κ2) is 10.0. The number of tetrazole rings is 1. The molecule has 0 aliphatic heterocycles. The van der Waals surface area contributed by atoms with Crippen LogP contribution in [0.1, 0.15) is 52.4 Å². The molecule has 160 valence electrons.